The van der Waals surface area contributed by atoms with Crippen molar-refractivity contribution in [3.05, 3.63) is 24.5 Å². The Hall–Kier alpha value is -1.79. The molecule has 6 heteroatoms. The topological polar surface area (TPSA) is 63.2 Å². The van der Waals surface area contributed by atoms with Gasteiger partial charge >= 0.3 is 0 Å². The molecule has 1 aliphatic heterocycles. The Balaban J connectivity index is 1.83. The van der Waals surface area contributed by atoms with Crippen molar-refractivity contribution in [2.45, 2.75) is 25.9 Å². The molecule has 1 saturated heterocycles. The fourth-order valence-electron chi connectivity index (χ4n) is 2.50. The van der Waals surface area contributed by atoms with E-state index in [1.807, 2.05) is 12.1 Å². The molecule has 1 unspecified atom stereocenters. The van der Waals surface area contributed by atoms with Gasteiger partial charge in [0.05, 0.1) is 19.3 Å². The van der Waals surface area contributed by atoms with E-state index in [0.717, 1.165) is 37.6 Å². The number of fused-ring (bicyclic) bond motifs is 1. The van der Waals surface area contributed by atoms with Crippen LogP contribution in [0.15, 0.2) is 24.5 Å². The predicted octanol–water partition coefficient (Wildman–Crippen LogP) is 1.23. The number of aromatic nitrogens is 3. The summed E-state index contributed by atoms with van der Waals surface area (Å²) in [6.45, 7) is 7.50. The lowest BCUT2D eigenvalue weighted by Crippen LogP contribution is -2.51. The SMILES string of the molecule is CC(C)NCC1COCCN1c1ccc2nccnc2n1. The quantitative estimate of drug-likeness (QED) is 0.912. The van der Waals surface area contributed by atoms with Crippen molar-refractivity contribution in [1.29, 1.82) is 0 Å². The van der Waals surface area contributed by atoms with Crippen LogP contribution in [0.3, 0.4) is 0 Å². The minimum absolute atomic E-state index is 0.294. The highest BCUT2D eigenvalue weighted by Crippen LogP contribution is 2.19. The number of pyridine rings is 1. The van der Waals surface area contributed by atoms with E-state index in [1.165, 1.54) is 0 Å². The van der Waals surface area contributed by atoms with E-state index in [9.17, 15) is 0 Å². The van der Waals surface area contributed by atoms with Gasteiger partial charge in [-0.05, 0) is 12.1 Å². The standard InChI is InChI=1S/C15H21N5O/c1-11(2)18-9-12-10-21-8-7-20(12)14-4-3-13-15(19-14)17-6-5-16-13/h3-6,11-12,18H,7-10H2,1-2H3. The molecule has 0 bridgehead atoms. The summed E-state index contributed by atoms with van der Waals surface area (Å²) in [5.74, 6) is 0.946. The van der Waals surface area contributed by atoms with E-state index in [1.54, 1.807) is 12.4 Å². The summed E-state index contributed by atoms with van der Waals surface area (Å²) in [6, 6.07) is 4.75. The molecule has 2 aromatic heterocycles. The lowest BCUT2D eigenvalue weighted by atomic mass is 10.2. The third kappa shape index (κ3) is 3.28. The molecule has 0 aromatic carbocycles. The molecule has 6 nitrogen and oxygen atoms in total. The highest BCUT2D eigenvalue weighted by molar-refractivity contribution is 5.71. The Morgan fingerprint density at radius 3 is 3.05 bits per heavy atom. The normalized spacial score (nSPS) is 19.4. The van der Waals surface area contributed by atoms with Crippen LogP contribution in [0.25, 0.3) is 11.2 Å². The molecule has 0 aliphatic carbocycles. The smallest absolute Gasteiger partial charge is 0.180 e. The molecule has 3 heterocycles. The van der Waals surface area contributed by atoms with E-state index in [-0.39, 0.29) is 0 Å². The highest BCUT2D eigenvalue weighted by atomic mass is 16.5. The summed E-state index contributed by atoms with van der Waals surface area (Å²) in [5.41, 5.74) is 1.52. The maximum Gasteiger partial charge on any atom is 0.180 e. The van der Waals surface area contributed by atoms with E-state index >= 15 is 0 Å². The van der Waals surface area contributed by atoms with Gasteiger partial charge in [-0.15, -0.1) is 0 Å². The number of anilines is 1. The molecule has 21 heavy (non-hydrogen) atoms. The van der Waals surface area contributed by atoms with Crippen LogP contribution in [-0.4, -0.2) is 53.3 Å². The van der Waals surface area contributed by atoms with Gasteiger partial charge in [0.15, 0.2) is 5.65 Å². The summed E-state index contributed by atoms with van der Waals surface area (Å²) in [6.07, 6.45) is 3.37. The van der Waals surface area contributed by atoms with E-state index in [2.05, 4.69) is 39.0 Å². The van der Waals surface area contributed by atoms with Crippen LogP contribution in [0.5, 0.6) is 0 Å². The molecule has 1 aliphatic rings. The number of morpholine rings is 1. The minimum Gasteiger partial charge on any atom is -0.377 e. The molecule has 1 N–H and O–H groups in total. The summed E-state index contributed by atoms with van der Waals surface area (Å²) in [7, 11) is 0. The van der Waals surface area contributed by atoms with Crippen molar-refractivity contribution in [3.8, 4) is 0 Å². The zero-order valence-corrected chi connectivity index (χ0v) is 12.5. The first-order valence-corrected chi connectivity index (χ1v) is 7.39. The second-order valence-corrected chi connectivity index (χ2v) is 5.55. The number of hydrogen-bond acceptors (Lipinski definition) is 6. The number of ether oxygens (including phenoxy) is 1. The van der Waals surface area contributed by atoms with Crippen LogP contribution in [-0.2, 0) is 4.74 Å². The zero-order valence-electron chi connectivity index (χ0n) is 12.5. The van der Waals surface area contributed by atoms with Gasteiger partial charge in [-0.25, -0.2) is 9.97 Å². The van der Waals surface area contributed by atoms with Gasteiger partial charge in [0.2, 0.25) is 0 Å². The van der Waals surface area contributed by atoms with Crippen LogP contribution < -0.4 is 10.2 Å². The Kier molecular flexibility index (Phi) is 4.26. The molecule has 112 valence electrons. The molecule has 1 fully saturated rings. The monoisotopic (exact) mass is 287 g/mol. The summed E-state index contributed by atoms with van der Waals surface area (Å²) in [5, 5.41) is 3.47. The number of nitrogens with one attached hydrogen (secondary N) is 1. The molecule has 1 atom stereocenters. The average Bonchev–Trinajstić information content (AvgIpc) is 2.52. The van der Waals surface area contributed by atoms with Crippen molar-refractivity contribution >= 4 is 17.0 Å². The molecule has 0 amide bonds. The molecule has 0 saturated carbocycles. The molecule has 0 radical (unpaired) electrons. The summed E-state index contributed by atoms with van der Waals surface area (Å²) < 4.78 is 5.62. The van der Waals surface area contributed by atoms with Crippen LogP contribution in [0.4, 0.5) is 5.82 Å². The van der Waals surface area contributed by atoms with Gasteiger partial charge in [0, 0.05) is 31.5 Å². The maximum atomic E-state index is 5.62. The second-order valence-electron chi connectivity index (χ2n) is 5.55. The third-order valence-electron chi connectivity index (χ3n) is 3.60. The van der Waals surface area contributed by atoms with E-state index in [0.29, 0.717) is 17.7 Å². The van der Waals surface area contributed by atoms with Gasteiger partial charge in [-0.2, -0.15) is 0 Å². The van der Waals surface area contributed by atoms with E-state index < -0.39 is 0 Å². The molecular weight excluding hydrogens is 266 g/mol. The Labute approximate surface area is 124 Å². The van der Waals surface area contributed by atoms with Crippen molar-refractivity contribution in [2.75, 3.05) is 31.2 Å². The molecule has 2 aromatic rings. The maximum absolute atomic E-state index is 5.62. The zero-order chi connectivity index (χ0) is 14.7. The van der Waals surface area contributed by atoms with Crippen molar-refractivity contribution in [1.82, 2.24) is 20.3 Å². The van der Waals surface area contributed by atoms with Gasteiger partial charge in [-0.3, -0.25) is 4.98 Å². The number of rotatable bonds is 4. The number of hydrogen-bond donors (Lipinski definition) is 1. The summed E-state index contributed by atoms with van der Waals surface area (Å²) >= 11 is 0. The van der Waals surface area contributed by atoms with Crippen LogP contribution in [0.1, 0.15) is 13.8 Å². The molecule has 3 rings (SSSR count). The van der Waals surface area contributed by atoms with Gasteiger partial charge in [0.25, 0.3) is 0 Å². The fraction of sp³-hybridized carbons (Fsp3) is 0.533. The van der Waals surface area contributed by atoms with Gasteiger partial charge < -0.3 is 15.0 Å². The molecular formula is C15H21N5O. The Morgan fingerprint density at radius 2 is 2.19 bits per heavy atom. The number of nitrogens with zero attached hydrogens (tertiary/aromatic N) is 4. The fourth-order valence-corrected chi connectivity index (χ4v) is 2.50. The first-order valence-electron chi connectivity index (χ1n) is 7.39. The third-order valence-corrected chi connectivity index (χ3v) is 3.60. The largest absolute Gasteiger partial charge is 0.377 e. The second kappa shape index (κ2) is 6.32. The predicted molar refractivity (Wildman–Crippen MR) is 82.4 cm³/mol. The van der Waals surface area contributed by atoms with Crippen molar-refractivity contribution < 1.29 is 4.74 Å². The lowest BCUT2D eigenvalue weighted by Gasteiger charge is -2.37. The minimum atomic E-state index is 0.294. The van der Waals surface area contributed by atoms with E-state index in [4.69, 9.17) is 4.74 Å². The van der Waals surface area contributed by atoms with Crippen molar-refractivity contribution in [2.24, 2.45) is 0 Å². The van der Waals surface area contributed by atoms with Crippen molar-refractivity contribution in [3.63, 3.8) is 0 Å². The van der Waals surface area contributed by atoms with Gasteiger partial charge in [-0.1, -0.05) is 13.8 Å². The summed E-state index contributed by atoms with van der Waals surface area (Å²) in [4.78, 5) is 15.5. The first-order chi connectivity index (χ1) is 10.2. The Bertz CT molecular complexity index is 603. The lowest BCUT2D eigenvalue weighted by molar-refractivity contribution is 0.0928. The highest BCUT2D eigenvalue weighted by Gasteiger charge is 2.24. The van der Waals surface area contributed by atoms with Gasteiger partial charge in [0.1, 0.15) is 11.3 Å². The van der Waals surface area contributed by atoms with Crippen LogP contribution in [0.2, 0.25) is 0 Å². The first kappa shape index (κ1) is 14.2. The van der Waals surface area contributed by atoms with Crippen LogP contribution >= 0.6 is 0 Å². The Morgan fingerprint density at radius 1 is 1.33 bits per heavy atom. The average molecular weight is 287 g/mol. The van der Waals surface area contributed by atoms with Crippen LogP contribution in [0, 0.1) is 0 Å². The molecule has 0 spiro atoms.